The number of hydrogen-bond donors (Lipinski definition) is 2. The molecule has 1 aliphatic heterocycles. The highest BCUT2D eigenvalue weighted by atomic mass is 15.0. The second-order valence-corrected chi connectivity index (χ2v) is 4.73. The first kappa shape index (κ1) is 11.9. The highest BCUT2D eigenvalue weighted by Crippen LogP contribution is 2.28. The number of rotatable bonds is 4. The number of anilines is 1. The molecule has 0 aromatic heterocycles. The second kappa shape index (κ2) is 5.19. The Morgan fingerprint density at radius 1 is 1.29 bits per heavy atom. The molecule has 90 valence electrons. The van der Waals surface area contributed by atoms with Gasteiger partial charge in [-0.05, 0) is 11.6 Å². The molecule has 1 heterocycles. The molecule has 0 bridgehead atoms. The molecule has 0 spiro atoms. The normalized spacial score (nSPS) is 22.8. The molecule has 0 aliphatic carbocycles. The number of nitrogens with two attached hydrogens (primary N) is 2. The van der Waals surface area contributed by atoms with Gasteiger partial charge in [-0.15, -0.1) is 13.2 Å². The highest BCUT2D eigenvalue weighted by Gasteiger charge is 2.29. The van der Waals surface area contributed by atoms with Crippen LogP contribution < -0.4 is 11.1 Å². The lowest BCUT2D eigenvalue weighted by atomic mass is 9.86. The topological polar surface area (TPSA) is 42.6 Å². The number of hydrogen-bond acceptors (Lipinski definition) is 1. The maximum absolute atomic E-state index is 6.09. The van der Waals surface area contributed by atoms with Crippen molar-refractivity contribution in [3.63, 3.8) is 0 Å². The number of benzene rings is 1. The van der Waals surface area contributed by atoms with E-state index in [1.165, 1.54) is 11.1 Å². The van der Waals surface area contributed by atoms with Crippen LogP contribution >= 0.6 is 0 Å². The lowest BCUT2D eigenvalue weighted by molar-refractivity contribution is -0.730. The van der Waals surface area contributed by atoms with Crippen LogP contribution in [0, 0.1) is 0 Å². The van der Waals surface area contributed by atoms with Crippen LogP contribution in [0.3, 0.4) is 0 Å². The van der Waals surface area contributed by atoms with Crippen LogP contribution in [0.5, 0.6) is 0 Å². The lowest BCUT2D eigenvalue weighted by Gasteiger charge is -2.30. The summed E-state index contributed by atoms with van der Waals surface area (Å²) in [6.45, 7) is 7.68. The third kappa shape index (κ3) is 2.42. The summed E-state index contributed by atoms with van der Waals surface area (Å²) >= 11 is 0. The Bertz CT molecular complexity index is 423. The van der Waals surface area contributed by atoms with Crippen LogP contribution in [-0.4, -0.2) is 6.04 Å². The first-order valence-electron chi connectivity index (χ1n) is 6.20. The second-order valence-electron chi connectivity index (χ2n) is 4.73. The minimum atomic E-state index is 0.463. The van der Waals surface area contributed by atoms with E-state index in [0.717, 1.165) is 24.9 Å². The molecule has 4 N–H and O–H groups in total. The van der Waals surface area contributed by atoms with E-state index in [2.05, 4.69) is 24.5 Å². The van der Waals surface area contributed by atoms with Crippen molar-refractivity contribution >= 4 is 5.69 Å². The van der Waals surface area contributed by atoms with E-state index in [1.807, 2.05) is 24.3 Å². The summed E-state index contributed by atoms with van der Waals surface area (Å²) in [6, 6.07) is 7.27. The molecule has 1 aromatic rings. The van der Waals surface area contributed by atoms with Gasteiger partial charge in [0.25, 0.3) is 0 Å². The summed E-state index contributed by atoms with van der Waals surface area (Å²) in [5, 5.41) is 2.44. The van der Waals surface area contributed by atoms with Gasteiger partial charge in [-0.25, -0.2) is 0 Å². The van der Waals surface area contributed by atoms with Crippen LogP contribution in [0.4, 0.5) is 5.69 Å². The third-order valence-corrected chi connectivity index (χ3v) is 3.51. The average molecular weight is 229 g/mol. The van der Waals surface area contributed by atoms with Crippen molar-refractivity contribution in [3.8, 4) is 0 Å². The fraction of sp³-hybridized carbons (Fsp3) is 0.333. The Hall–Kier alpha value is -1.54. The van der Waals surface area contributed by atoms with Crippen LogP contribution in [0.2, 0.25) is 0 Å². The summed E-state index contributed by atoms with van der Waals surface area (Å²) in [6.07, 6.45) is 7.05. The van der Waals surface area contributed by atoms with Crippen molar-refractivity contribution in [2.45, 2.75) is 31.3 Å². The van der Waals surface area contributed by atoms with Gasteiger partial charge in [0, 0.05) is 30.5 Å². The molecule has 2 nitrogen and oxygen atoms in total. The molecular weight excluding hydrogens is 208 g/mol. The van der Waals surface area contributed by atoms with Gasteiger partial charge in [-0.3, -0.25) is 0 Å². The molecule has 1 aliphatic rings. The number of nitrogen functional groups attached to an aromatic ring is 1. The molecule has 0 saturated carbocycles. The van der Waals surface area contributed by atoms with Gasteiger partial charge in [-0.2, -0.15) is 0 Å². The monoisotopic (exact) mass is 229 g/mol. The predicted molar refractivity (Wildman–Crippen MR) is 72.6 cm³/mol. The quantitative estimate of drug-likeness (QED) is 0.601. The van der Waals surface area contributed by atoms with E-state index in [9.17, 15) is 0 Å². The van der Waals surface area contributed by atoms with Gasteiger partial charge in [0.1, 0.15) is 6.04 Å². The fourth-order valence-electron chi connectivity index (χ4n) is 2.73. The maximum Gasteiger partial charge on any atom is 0.116 e. The molecule has 2 heteroatoms. The zero-order chi connectivity index (χ0) is 12.3. The van der Waals surface area contributed by atoms with Gasteiger partial charge < -0.3 is 11.1 Å². The van der Waals surface area contributed by atoms with Gasteiger partial charge in [0.15, 0.2) is 0 Å². The van der Waals surface area contributed by atoms with E-state index in [0.29, 0.717) is 12.1 Å². The van der Waals surface area contributed by atoms with Crippen molar-refractivity contribution in [3.05, 3.63) is 54.6 Å². The Balaban J connectivity index is 2.34. The largest absolute Gasteiger partial charge is 0.398 e. The Kier molecular flexibility index (Phi) is 3.64. The first-order chi connectivity index (χ1) is 8.26. The molecule has 2 atom stereocenters. The molecule has 0 saturated heterocycles. The highest BCUT2D eigenvalue weighted by molar-refractivity contribution is 5.52. The van der Waals surface area contributed by atoms with Crippen molar-refractivity contribution < 1.29 is 5.32 Å². The molecule has 0 amide bonds. The smallest absolute Gasteiger partial charge is 0.116 e. The van der Waals surface area contributed by atoms with Gasteiger partial charge in [-0.1, -0.05) is 24.3 Å². The standard InChI is InChI=1S/C15H20N2/c1-3-6-11-10-13-12(8-5-9-14(13)16)15(17-11)7-4-2/h3-5,8-9,11,15,17H,1-2,6-7,10,16H2/p+1/t11-,15+/m1/s1. The predicted octanol–water partition coefficient (Wildman–Crippen LogP) is 1.95. The SMILES string of the molecule is C=CC[C@@H]1Cc2c(N)cccc2[C@H](CC=C)[NH2+]1. The zero-order valence-electron chi connectivity index (χ0n) is 10.2. The van der Waals surface area contributed by atoms with Crippen molar-refractivity contribution in [1.29, 1.82) is 0 Å². The van der Waals surface area contributed by atoms with E-state index in [4.69, 9.17) is 5.73 Å². The van der Waals surface area contributed by atoms with E-state index < -0.39 is 0 Å². The Labute approximate surface area is 103 Å². The van der Waals surface area contributed by atoms with Crippen LogP contribution in [0.1, 0.15) is 30.0 Å². The maximum atomic E-state index is 6.09. The van der Waals surface area contributed by atoms with Crippen molar-refractivity contribution in [2.24, 2.45) is 0 Å². The Morgan fingerprint density at radius 2 is 2.06 bits per heavy atom. The molecule has 0 unspecified atom stereocenters. The number of quaternary nitrogens is 1. The number of fused-ring (bicyclic) bond motifs is 1. The summed E-state index contributed by atoms with van der Waals surface area (Å²) in [7, 11) is 0. The minimum absolute atomic E-state index is 0.463. The minimum Gasteiger partial charge on any atom is -0.398 e. The van der Waals surface area contributed by atoms with Crippen molar-refractivity contribution in [2.75, 3.05) is 5.73 Å². The average Bonchev–Trinajstić information content (AvgIpc) is 2.31. The van der Waals surface area contributed by atoms with Crippen LogP contribution in [0.15, 0.2) is 43.5 Å². The summed E-state index contributed by atoms with van der Waals surface area (Å²) in [5.74, 6) is 0. The molecule has 17 heavy (non-hydrogen) atoms. The molecular formula is C15H21N2+. The summed E-state index contributed by atoms with van der Waals surface area (Å²) in [5.41, 5.74) is 9.73. The van der Waals surface area contributed by atoms with Gasteiger partial charge in [0.05, 0.1) is 6.04 Å². The molecule has 0 radical (unpaired) electrons. The summed E-state index contributed by atoms with van der Waals surface area (Å²) < 4.78 is 0. The van der Waals surface area contributed by atoms with Gasteiger partial charge in [0.2, 0.25) is 0 Å². The molecule has 2 rings (SSSR count). The molecule has 1 aromatic carbocycles. The van der Waals surface area contributed by atoms with Gasteiger partial charge >= 0.3 is 0 Å². The first-order valence-corrected chi connectivity index (χ1v) is 6.20. The lowest BCUT2D eigenvalue weighted by Crippen LogP contribution is -2.92. The third-order valence-electron chi connectivity index (χ3n) is 3.51. The van der Waals surface area contributed by atoms with E-state index in [1.54, 1.807) is 0 Å². The fourth-order valence-corrected chi connectivity index (χ4v) is 2.73. The van der Waals surface area contributed by atoms with Crippen LogP contribution in [-0.2, 0) is 6.42 Å². The summed E-state index contributed by atoms with van der Waals surface area (Å²) in [4.78, 5) is 0. The van der Waals surface area contributed by atoms with Crippen LogP contribution in [0.25, 0.3) is 0 Å². The van der Waals surface area contributed by atoms with Crippen molar-refractivity contribution in [1.82, 2.24) is 0 Å². The Morgan fingerprint density at radius 3 is 2.76 bits per heavy atom. The zero-order valence-corrected chi connectivity index (χ0v) is 10.2. The van der Waals surface area contributed by atoms with E-state index >= 15 is 0 Å². The van der Waals surface area contributed by atoms with E-state index in [-0.39, 0.29) is 0 Å². The molecule has 0 fully saturated rings.